The fourth-order valence-electron chi connectivity index (χ4n) is 1.67. The molecule has 0 aromatic heterocycles. The second kappa shape index (κ2) is 7.20. The molecule has 0 aromatic carbocycles. The summed E-state index contributed by atoms with van der Waals surface area (Å²) in [6.07, 6.45) is 15.9. The third-order valence-corrected chi connectivity index (χ3v) is 2.65. The van der Waals surface area contributed by atoms with E-state index < -0.39 is 0 Å². The van der Waals surface area contributed by atoms with Crippen LogP contribution in [0.3, 0.4) is 0 Å². The number of hydrogen-bond acceptors (Lipinski definition) is 0. The zero-order valence-electron chi connectivity index (χ0n) is 8.27. The lowest BCUT2D eigenvalue weighted by Crippen LogP contribution is -1.87. The van der Waals surface area contributed by atoms with Crippen LogP contribution in [-0.4, -0.2) is 5.88 Å². The van der Waals surface area contributed by atoms with Crippen LogP contribution >= 0.6 is 11.6 Å². The minimum absolute atomic E-state index is 0.740. The van der Waals surface area contributed by atoms with Gasteiger partial charge in [-0.15, -0.1) is 11.6 Å². The van der Waals surface area contributed by atoms with Crippen molar-refractivity contribution in [2.45, 2.75) is 44.9 Å². The van der Waals surface area contributed by atoms with E-state index in [1.165, 1.54) is 44.1 Å². The molecule has 0 saturated heterocycles. The summed E-state index contributed by atoms with van der Waals surface area (Å²) in [5, 5.41) is 0. The molecule has 1 aliphatic rings. The van der Waals surface area contributed by atoms with Crippen molar-refractivity contribution in [1.29, 1.82) is 0 Å². The molecule has 0 aliphatic heterocycles. The van der Waals surface area contributed by atoms with Crippen LogP contribution in [0.2, 0.25) is 0 Å². The van der Waals surface area contributed by atoms with Gasteiger partial charge in [0.1, 0.15) is 0 Å². The first-order valence-corrected chi connectivity index (χ1v) is 5.88. The van der Waals surface area contributed by atoms with Crippen LogP contribution in [0.25, 0.3) is 0 Å². The molecule has 0 atom stereocenters. The van der Waals surface area contributed by atoms with E-state index in [0.717, 1.165) is 12.3 Å². The highest BCUT2D eigenvalue weighted by Crippen LogP contribution is 2.17. The predicted molar refractivity (Wildman–Crippen MR) is 60.3 cm³/mol. The first kappa shape index (κ1) is 10.8. The summed E-state index contributed by atoms with van der Waals surface area (Å²) in [7, 11) is 0. The molecule has 13 heavy (non-hydrogen) atoms. The van der Waals surface area contributed by atoms with Crippen molar-refractivity contribution in [3.63, 3.8) is 0 Å². The zero-order chi connectivity index (χ0) is 9.36. The lowest BCUT2D eigenvalue weighted by molar-refractivity contribution is 0.629. The fourth-order valence-corrected chi connectivity index (χ4v) is 1.79. The lowest BCUT2D eigenvalue weighted by atomic mass is 10.00. The molecule has 1 aliphatic carbocycles. The maximum Gasteiger partial charge on any atom is 0.0258 e. The van der Waals surface area contributed by atoms with E-state index >= 15 is 0 Å². The fraction of sp³-hybridized carbons (Fsp3) is 0.667. The highest BCUT2D eigenvalue weighted by atomic mass is 35.5. The van der Waals surface area contributed by atoms with Gasteiger partial charge in [-0.05, 0) is 32.1 Å². The number of halogens is 1. The number of allylic oxidation sites excluding steroid dienone is 4. The third kappa shape index (κ3) is 5.15. The molecule has 0 nitrogen and oxygen atoms in total. The summed E-state index contributed by atoms with van der Waals surface area (Å²) >= 11 is 5.61. The Morgan fingerprint density at radius 2 is 2.08 bits per heavy atom. The Bertz CT molecular complexity index is 180. The summed E-state index contributed by atoms with van der Waals surface area (Å²) in [5.41, 5.74) is 1.52. The molecular weight excluding hydrogens is 180 g/mol. The molecule has 1 rings (SSSR count). The SMILES string of the molecule is ClCC/C=C/C1=C/CCCCCC1. The van der Waals surface area contributed by atoms with Gasteiger partial charge in [0.25, 0.3) is 0 Å². The van der Waals surface area contributed by atoms with Crippen molar-refractivity contribution in [2.75, 3.05) is 5.88 Å². The molecule has 0 saturated carbocycles. The van der Waals surface area contributed by atoms with Crippen molar-refractivity contribution in [3.05, 3.63) is 23.8 Å². The summed E-state index contributed by atoms with van der Waals surface area (Å²) in [4.78, 5) is 0. The molecule has 0 fully saturated rings. The van der Waals surface area contributed by atoms with Gasteiger partial charge in [-0.3, -0.25) is 0 Å². The average molecular weight is 199 g/mol. The quantitative estimate of drug-likeness (QED) is 0.588. The highest BCUT2D eigenvalue weighted by molar-refractivity contribution is 6.17. The largest absolute Gasteiger partial charge is 0.126 e. The highest BCUT2D eigenvalue weighted by Gasteiger charge is 1.98. The Labute approximate surface area is 86.7 Å². The Balaban J connectivity index is 2.35. The number of rotatable bonds is 3. The smallest absolute Gasteiger partial charge is 0.0258 e. The van der Waals surface area contributed by atoms with Crippen LogP contribution in [0.4, 0.5) is 0 Å². The molecule has 0 amide bonds. The van der Waals surface area contributed by atoms with Crippen LogP contribution in [0.1, 0.15) is 44.9 Å². The summed E-state index contributed by atoms with van der Waals surface area (Å²) in [6, 6.07) is 0. The minimum Gasteiger partial charge on any atom is -0.126 e. The van der Waals surface area contributed by atoms with Gasteiger partial charge in [0.2, 0.25) is 0 Å². The van der Waals surface area contributed by atoms with Gasteiger partial charge >= 0.3 is 0 Å². The van der Waals surface area contributed by atoms with E-state index in [1.807, 2.05) is 0 Å². The van der Waals surface area contributed by atoms with Crippen molar-refractivity contribution in [2.24, 2.45) is 0 Å². The van der Waals surface area contributed by atoms with Gasteiger partial charge in [-0.1, -0.05) is 36.6 Å². The Kier molecular flexibility index (Phi) is 6.01. The van der Waals surface area contributed by atoms with Gasteiger partial charge in [0.05, 0.1) is 0 Å². The molecule has 1 heteroatoms. The standard InChI is InChI=1S/C12H19Cl/c13-11-7-6-10-12-8-4-2-1-3-5-9-12/h6,8,10H,1-5,7,9,11H2/b10-6+,12-8+. The molecule has 0 heterocycles. The van der Waals surface area contributed by atoms with Crippen molar-refractivity contribution in [3.8, 4) is 0 Å². The second-order valence-electron chi connectivity index (χ2n) is 3.61. The second-order valence-corrected chi connectivity index (χ2v) is 3.99. The normalized spacial score (nSPS) is 23.6. The van der Waals surface area contributed by atoms with E-state index in [2.05, 4.69) is 18.2 Å². The van der Waals surface area contributed by atoms with Crippen molar-refractivity contribution < 1.29 is 0 Å². The van der Waals surface area contributed by atoms with Crippen LogP contribution < -0.4 is 0 Å². The molecule has 0 N–H and O–H groups in total. The van der Waals surface area contributed by atoms with Crippen LogP contribution in [0.5, 0.6) is 0 Å². The van der Waals surface area contributed by atoms with Gasteiger partial charge in [0.15, 0.2) is 0 Å². The molecule has 0 radical (unpaired) electrons. The van der Waals surface area contributed by atoms with Gasteiger partial charge in [-0.25, -0.2) is 0 Å². The zero-order valence-corrected chi connectivity index (χ0v) is 9.02. The molecule has 0 bridgehead atoms. The van der Waals surface area contributed by atoms with Gasteiger partial charge in [0, 0.05) is 5.88 Å². The molecule has 74 valence electrons. The predicted octanol–water partition coefficient (Wildman–Crippen LogP) is 4.45. The maximum absolute atomic E-state index is 5.61. The summed E-state index contributed by atoms with van der Waals surface area (Å²) in [5.74, 6) is 0.740. The summed E-state index contributed by atoms with van der Waals surface area (Å²) < 4.78 is 0. The third-order valence-electron chi connectivity index (χ3n) is 2.43. The van der Waals surface area contributed by atoms with Gasteiger partial charge < -0.3 is 0 Å². The van der Waals surface area contributed by atoms with Gasteiger partial charge in [-0.2, -0.15) is 0 Å². The molecule has 0 aromatic rings. The van der Waals surface area contributed by atoms with Crippen molar-refractivity contribution >= 4 is 11.6 Å². The van der Waals surface area contributed by atoms with Crippen LogP contribution in [0.15, 0.2) is 23.8 Å². The number of alkyl halides is 1. The number of hydrogen-bond donors (Lipinski definition) is 0. The van der Waals surface area contributed by atoms with Crippen LogP contribution in [-0.2, 0) is 0 Å². The monoisotopic (exact) mass is 198 g/mol. The van der Waals surface area contributed by atoms with E-state index in [1.54, 1.807) is 0 Å². The lowest BCUT2D eigenvalue weighted by Gasteiger charge is -2.07. The molecule has 0 spiro atoms. The van der Waals surface area contributed by atoms with E-state index in [4.69, 9.17) is 11.6 Å². The summed E-state index contributed by atoms with van der Waals surface area (Å²) in [6.45, 7) is 0. The van der Waals surface area contributed by atoms with Crippen LogP contribution in [0, 0.1) is 0 Å². The maximum atomic E-state index is 5.61. The average Bonchev–Trinajstić information content (AvgIpc) is 2.08. The van der Waals surface area contributed by atoms with E-state index in [0.29, 0.717) is 0 Å². The topological polar surface area (TPSA) is 0 Å². The van der Waals surface area contributed by atoms with Crippen molar-refractivity contribution in [1.82, 2.24) is 0 Å². The Morgan fingerprint density at radius 1 is 1.23 bits per heavy atom. The first-order valence-electron chi connectivity index (χ1n) is 5.35. The van der Waals surface area contributed by atoms with E-state index in [9.17, 15) is 0 Å². The first-order chi connectivity index (χ1) is 6.43. The Morgan fingerprint density at radius 3 is 2.92 bits per heavy atom. The van der Waals surface area contributed by atoms with E-state index in [-0.39, 0.29) is 0 Å². The molecular formula is C12H19Cl. The molecule has 0 unspecified atom stereocenters. The minimum atomic E-state index is 0.740. The Hall–Kier alpha value is -0.230.